The minimum absolute atomic E-state index is 0.243. The van der Waals surface area contributed by atoms with Gasteiger partial charge in [-0.15, -0.1) is 0 Å². The van der Waals surface area contributed by atoms with Gasteiger partial charge in [-0.2, -0.15) is 0 Å². The Morgan fingerprint density at radius 1 is 0.511 bits per heavy atom. The van der Waals surface area contributed by atoms with Crippen molar-refractivity contribution in [3.63, 3.8) is 0 Å². The van der Waals surface area contributed by atoms with Crippen molar-refractivity contribution in [2.45, 2.75) is 63.9 Å². The third kappa shape index (κ3) is 8.47. The van der Waals surface area contributed by atoms with Crippen LogP contribution < -0.4 is 4.74 Å². The molecule has 1 heterocycles. The van der Waals surface area contributed by atoms with Crippen LogP contribution in [0.25, 0.3) is 0 Å². The van der Waals surface area contributed by atoms with Gasteiger partial charge in [-0.25, -0.2) is 0 Å². The Morgan fingerprint density at radius 2 is 0.956 bits per heavy atom. The molecule has 1 saturated heterocycles. The van der Waals surface area contributed by atoms with E-state index < -0.39 is 0 Å². The maximum absolute atomic E-state index is 6.85. The zero-order valence-corrected chi connectivity index (χ0v) is 25.6. The normalized spacial score (nSPS) is 20.1. The van der Waals surface area contributed by atoms with Crippen LogP contribution in [-0.2, 0) is 45.4 Å². The number of benzene rings is 5. The third-order valence-corrected chi connectivity index (χ3v) is 8.10. The first-order valence-corrected chi connectivity index (χ1v) is 15.6. The zero-order chi connectivity index (χ0) is 30.7. The van der Waals surface area contributed by atoms with Crippen molar-refractivity contribution in [1.82, 2.24) is 0 Å². The monoisotopic (exact) mass is 600 g/mol. The van der Waals surface area contributed by atoms with E-state index >= 15 is 0 Å². The van der Waals surface area contributed by atoms with Crippen molar-refractivity contribution in [1.29, 1.82) is 0 Å². The lowest BCUT2D eigenvalue weighted by Crippen LogP contribution is -2.41. The summed E-state index contributed by atoms with van der Waals surface area (Å²) < 4.78 is 32.7. The van der Waals surface area contributed by atoms with Gasteiger partial charge in [0.15, 0.2) is 0 Å². The van der Waals surface area contributed by atoms with Gasteiger partial charge < -0.3 is 23.7 Å². The molecule has 1 aliphatic rings. The van der Waals surface area contributed by atoms with E-state index in [2.05, 4.69) is 67.6 Å². The number of hydrogen-bond acceptors (Lipinski definition) is 5. The largest absolute Gasteiger partial charge is 0.489 e. The first kappa shape index (κ1) is 30.8. The van der Waals surface area contributed by atoms with Gasteiger partial charge in [0.1, 0.15) is 36.8 Å². The predicted molar refractivity (Wildman–Crippen MR) is 176 cm³/mol. The summed E-state index contributed by atoms with van der Waals surface area (Å²) in [6.07, 6.45) is -1.67. The topological polar surface area (TPSA) is 46.2 Å². The molecule has 0 N–H and O–H groups in total. The lowest BCUT2D eigenvalue weighted by molar-refractivity contribution is -0.115. The van der Waals surface area contributed by atoms with E-state index in [0.717, 1.165) is 33.6 Å². The average molecular weight is 601 g/mol. The SMILES string of the molecule is CC(OCc1ccccc1)[C@@H]1O[C@@H](c2ccc(OCc3ccccc3)cc2)[C@H](OCc2ccccc2)[C@H]1OCc1ccccc1. The highest BCUT2D eigenvalue weighted by molar-refractivity contribution is 5.31. The highest BCUT2D eigenvalue weighted by atomic mass is 16.6. The Morgan fingerprint density at radius 3 is 1.47 bits per heavy atom. The second-order valence-electron chi connectivity index (χ2n) is 11.4. The maximum atomic E-state index is 6.85. The molecule has 0 aliphatic carbocycles. The Hall–Kier alpha value is -4.26. The first-order valence-electron chi connectivity index (χ1n) is 15.6. The van der Waals surface area contributed by atoms with Gasteiger partial charge >= 0.3 is 0 Å². The molecule has 0 saturated carbocycles. The molecule has 5 aromatic carbocycles. The first-order chi connectivity index (χ1) is 22.2. The minimum Gasteiger partial charge on any atom is -0.489 e. The molecule has 5 heteroatoms. The van der Waals surface area contributed by atoms with Crippen LogP contribution in [0.1, 0.15) is 40.8 Å². The smallest absolute Gasteiger partial charge is 0.119 e. The Labute approximate surface area is 266 Å². The molecule has 5 atom stereocenters. The molecule has 230 valence electrons. The van der Waals surface area contributed by atoms with Crippen LogP contribution in [0.3, 0.4) is 0 Å². The van der Waals surface area contributed by atoms with Gasteiger partial charge in [-0.1, -0.05) is 133 Å². The van der Waals surface area contributed by atoms with Crippen molar-refractivity contribution in [2.75, 3.05) is 0 Å². The standard InChI is InChI=1S/C40H40O5/c1-30(41-26-31-14-6-2-7-15-31)37-39(43-28-33-18-10-4-11-19-33)40(44-29-34-20-12-5-13-21-34)38(45-37)35-22-24-36(25-23-35)42-27-32-16-8-3-9-17-32/h2-25,30,37-40H,26-29H2,1H3/t30?,37-,38-,39-,40-/m0/s1. The quantitative estimate of drug-likeness (QED) is 0.128. The third-order valence-electron chi connectivity index (χ3n) is 8.10. The van der Waals surface area contributed by atoms with Crippen molar-refractivity contribution in [3.8, 4) is 5.75 Å². The number of ether oxygens (including phenoxy) is 5. The predicted octanol–water partition coefficient (Wildman–Crippen LogP) is 8.48. The molecule has 0 bridgehead atoms. The molecule has 0 aromatic heterocycles. The van der Waals surface area contributed by atoms with Crippen LogP contribution in [0.2, 0.25) is 0 Å². The van der Waals surface area contributed by atoms with Crippen LogP contribution in [0.4, 0.5) is 0 Å². The fourth-order valence-corrected chi connectivity index (χ4v) is 5.63. The molecule has 0 amide bonds. The van der Waals surface area contributed by atoms with Crippen molar-refractivity contribution in [2.24, 2.45) is 0 Å². The molecule has 5 aromatic rings. The van der Waals surface area contributed by atoms with Crippen molar-refractivity contribution >= 4 is 0 Å². The van der Waals surface area contributed by atoms with E-state index in [1.165, 1.54) is 0 Å². The van der Waals surface area contributed by atoms with Gasteiger partial charge in [-0.3, -0.25) is 0 Å². The Bertz CT molecular complexity index is 1550. The minimum atomic E-state index is -0.363. The maximum Gasteiger partial charge on any atom is 0.119 e. The van der Waals surface area contributed by atoms with Crippen LogP contribution in [0.5, 0.6) is 5.75 Å². The van der Waals surface area contributed by atoms with Gasteiger partial charge in [-0.05, 0) is 46.9 Å². The molecule has 5 nitrogen and oxygen atoms in total. The second-order valence-corrected chi connectivity index (χ2v) is 11.4. The molecule has 0 spiro atoms. The summed E-state index contributed by atoms with van der Waals surface area (Å²) in [5.74, 6) is 0.801. The summed E-state index contributed by atoms with van der Waals surface area (Å²) in [6.45, 7) is 3.95. The van der Waals surface area contributed by atoms with E-state index in [0.29, 0.717) is 26.4 Å². The molecule has 0 radical (unpaired) electrons. The fourth-order valence-electron chi connectivity index (χ4n) is 5.63. The highest BCUT2D eigenvalue weighted by Gasteiger charge is 2.49. The molecular weight excluding hydrogens is 560 g/mol. The Balaban J connectivity index is 1.24. The average Bonchev–Trinajstić information content (AvgIpc) is 3.48. The summed E-state index contributed by atoms with van der Waals surface area (Å²) in [7, 11) is 0. The number of rotatable bonds is 14. The van der Waals surface area contributed by atoms with E-state index in [1.807, 2.05) is 84.9 Å². The second kappa shape index (κ2) is 15.6. The summed E-state index contributed by atoms with van der Waals surface area (Å²) in [4.78, 5) is 0. The van der Waals surface area contributed by atoms with E-state index in [9.17, 15) is 0 Å². The van der Waals surface area contributed by atoms with E-state index in [-0.39, 0.29) is 30.5 Å². The van der Waals surface area contributed by atoms with E-state index in [1.54, 1.807) is 0 Å². The zero-order valence-electron chi connectivity index (χ0n) is 25.6. The molecule has 45 heavy (non-hydrogen) atoms. The summed E-state index contributed by atoms with van der Waals surface area (Å²) in [5.41, 5.74) is 5.44. The van der Waals surface area contributed by atoms with Crippen molar-refractivity contribution < 1.29 is 23.7 Å². The lowest BCUT2D eigenvalue weighted by atomic mass is 9.99. The van der Waals surface area contributed by atoms with Gasteiger partial charge in [0.25, 0.3) is 0 Å². The van der Waals surface area contributed by atoms with Gasteiger partial charge in [0.2, 0.25) is 0 Å². The van der Waals surface area contributed by atoms with Crippen LogP contribution in [-0.4, -0.2) is 24.4 Å². The van der Waals surface area contributed by atoms with Crippen molar-refractivity contribution in [3.05, 3.63) is 173 Å². The lowest BCUT2D eigenvalue weighted by Gasteiger charge is -2.28. The molecular formula is C40H40O5. The molecule has 6 rings (SSSR count). The summed E-state index contributed by atoms with van der Waals surface area (Å²) in [5, 5.41) is 0. The highest BCUT2D eigenvalue weighted by Crippen LogP contribution is 2.40. The fraction of sp³-hybridized carbons (Fsp3) is 0.250. The van der Waals surface area contributed by atoms with E-state index in [4.69, 9.17) is 23.7 Å². The van der Waals surface area contributed by atoms with Gasteiger partial charge in [0, 0.05) is 0 Å². The Kier molecular flexibility index (Phi) is 10.7. The molecule has 1 unspecified atom stereocenters. The summed E-state index contributed by atoms with van der Waals surface area (Å²) >= 11 is 0. The van der Waals surface area contributed by atoms with Gasteiger partial charge in [0.05, 0.1) is 25.9 Å². The van der Waals surface area contributed by atoms with Crippen LogP contribution in [0.15, 0.2) is 146 Å². The molecule has 1 fully saturated rings. The van der Waals surface area contributed by atoms with Crippen LogP contribution >= 0.6 is 0 Å². The molecule has 1 aliphatic heterocycles. The van der Waals surface area contributed by atoms with Crippen LogP contribution in [0, 0.1) is 0 Å². The number of hydrogen-bond donors (Lipinski definition) is 0. The summed E-state index contributed by atoms with van der Waals surface area (Å²) in [6, 6.07) is 48.9.